The molecule has 4 heteroatoms. The first-order chi connectivity index (χ1) is 29.0. The minimum Gasteiger partial charge on any atom is -0.331 e. The summed E-state index contributed by atoms with van der Waals surface area (Å²) in [6.07, 6.45) is 0. The molecule has 59 heavy (non-hydrogen) atoms. The van der Waals surface area contributed by atoms with Crippen molar-refractivity contribution < 1.29 is 0 Å². The monoisotopic (exact) mass is 792 g/mol. The van der Waals surface area contributed by atoms with Gasteiger partial charge in [-0.15, -0.1) is 23.1 Å². The van der Waals surface area contributed by atoms with Crippen LogP contribution in [0.1, 0.15) is 46.7 Å². The van der Waals surface area contributed by atoms with Gasteiger partial charge in [0.2, 0.25) is 0 Å². The summed E-state index contributed by atoms with van der Waals surface area (Å²) in [7, 11) is 0. The normalized spacial score (nSPS) is 16.7. The van der Waals surface area contributed by atoms with Crippen molar-refractivity contribution >= 4 is 61.6 Å². The third-order valence-corrected chi connectivity index (χ3v) is 15.6. The molecular formula is C55H40N2S2. The highest BCUT2D eigenvalue weighted by atomic mass is 32.2. The molecule has 0 saturated carbocycles. The van der Waals surface area contributed by atoms with Crippen molar-refractivity contribution in [3.63, 3.8) is 0 Å². The molecule has 0 spiro atoms. The third-order valence-electron chi connectivity index (χ3n) is 12.8. The van der Waals surface area contributed by atoms with Crippen molar-refractivity contribution in [2.45, 2.75) is 35.4 Å². The Kier molecular flexibility index (Phi) is 7.85. The third kappa shape index (κ3) is 5.40. The molecule has 2 atom stereocenters. The largest absolute Gasteiger partial charge is 0.331 e. The zero-order chi connectivity index (χ0) is 39.2. The van der Waals surface area contributed by atoms with Crippen LogP contribution in [0.15, 0.2) is 199 Å². The summed E-state index contributed by atoms with van der Waals surface area (Å²) >= 11 is 4.00. The molecule has 0 radical (unpaired) electrons. The summed E-state index contributed by atoms with van der Waals surface area (Å²) in [5, 5.41) is 1.72. The van der Waals surface area contributed by atoms with Gasteiger partial charge in [0.1, 0.15) is 0 Å². The maximum absolute atomic E-state index is 2.64. The minimum absolute atomic E-state index is 0.0533. The topological polar surface area (TPSA) is 6.48 Å². The highest BCUT2D eigenvalue weighted by molar-refractivity contribution is 8.00. The van der Waals surface area contributed by atoms with Crippen molar-refractivity contribution in [2.75, 3.05) is 9.80 Å². The fourth-order valence-electron chi connectivity index (χ4n) is 9.96. The van der Waals surface area contributed by atoms with E-state index in [2.05, 4.69) is 218 Å². The van der Waals surface area contributed by atoms with Gasteiger partial charge in [0.15, 0.2) is 0 Å². The molecule has 1 unspecified atom stereocenters. The molecule has 12 rings (SSSR count). The van der Waals surface area contributed by atoms with E-state index in [4.69, 9.17) is 0 Å². The molecule has 1 aromatic heterocycles. The second-order valence-electron chi connectivity index (χ2n) is 16.4. The molecule has 0 N–H and O–H groups in total. The lowest BCUT2D eigenvalue weighted by Crippen LogP contribution is -2.19. The van der Waals surface area contributed by atoms with Gasteiger partial charge in [-0.1, -0.05) is 141 Å². The van der Waals surface area contributed by atoms with E-state index in [9.17, 15) is 0 Å². The van der Waals surface area contributed by atoms with E-state index >= 15 is 0 Å². The highest BCUT2D eigenvalue weighted by Crippen LogP contribution is 2.67. The van der Waals surface area contributed by atoms with Crippen LogP contribution < -0.4 is 9.80 Å². The Morgan fingerprint density at radius 1 is 0.508 bits per heavy atom. The average Bonchev–Trinajstić information content (AvgIpc) is 4.00. The Labute approximate surface area is 354 Å². The van der Waals surface area contributed by atoms with E-state index in [0.29, 0.717) is 5.25 Å². The maximum atomic E-state index is 2.64. The van der Waals surface area contributed by atoms with Crippen LogP contribution in [-0.4, -0.2) is 0 Å². The SMILES string of the molecule is CC1(C)c2ccccc2-c2cc(N(c3ccc(-c4cccc(-c5ccccc5)c4)cc3)c3ccc(N4c5c(sc6ccccc56)C5Sc6ccccc6[C@H]54)cc3)ccc21. The predicted octanol–water partition coefficient (Wildman–Crippen LogP) is 16.1. The zero-order valence-corrected chi connectivity index (χ0v) is 34.5. The van der Waals surface area contributed by atoms with Gasteiger partial charge in [0.25, 0.3) is 0 Å². The molecule has 3 aliphatic rings. The van der Waals surface area contributed by atoms with Gasteiger partial charge in [-0.25, -0.2) is 0 Å². The first-order valence-electron chi connectivity index (χ1n) is 20.5. The fourth-order valence-corrected chi connectivity index (χ4v) is 12.8. The van der Waals surface area contributed by atoms with Crippen molar-refractivity contribution in [1.82, 2.24) is 0 Å². The van der Waals surface area contributed by atoms with Crippen molar-refractivity contribution in [2.24, 2.45) is 0 Å². The molecule has 2 aliphatic heterocycles. The minimum atomic E-state index is -0.0533. The van der Waals surface area contributed by atoms with Crippen LogP contribution in [0, 0.1) is 0 Å². The molecule has 1 aliphatic carbocycles. The number of hydrogen-bond acceptors (Lipinski definition) is 4. The number of thiophene rings is 1. The Hall–Kier alpha value is -6.33. The molecule has 282 valence electrons. The first kappa shape index (κ1) is 34.7. The number of rotatable bonds is 6. The zero-order valence-electron chi connectivity index (χ0n) is 32.8. The fraction of sp³-hybridized carbons (Fsp3) is 0.0909. The summed E-state index contributed by atoms with van der Waals surface area (Å²) in [6, 6.07) is 72.2. The summed E-state index contributed by atoms with van der Waals surface area (Å²) in [4.78, 5) is 7.95. The molecule has 0 amide bonds. The van der Waals surface area contributed by atoms with E-state index < -0.39 is 0 Å². The molecule has 3 heterocycles. The number of thioether (sulfide) groups is 1. The van der Waals surface area contributed by atoms with Crippen LogP contribution >= 0.6 is 23.1 Å². The summed E-state index contributed by atoms with van der Waals surface area (Å²) in [5.41, 5.74) is 17.6. The molecule has 9 aromatic rings. The van der Waals surface area contributed by atoms with Gasteiger partial charge < -0.3 is 9.80 Å². The van der Waals surface area contributed by atoms with Gasteiger partial charge in [0.05, 0.1) is 17.0 Å². The Morgan fingerprint density at radius 3 is 1.95 bits per heavy atom. The second-order valence-corrected chi connectivity index (χ2v) is 18.7. The second kappa shape index (κ2) is 13.4. The number of nitrogens with zero attached hydrogens (tertiary/aromatic N) is 2. The lowest BCUT2D eigenvalue weighted by molar-refractivity contribution is 0.660. The Morgan fingerprint density at radius 2 is 1.14 bits per heavy atom. The summed E-state index contributed by atoms with van der Waals surface area (Å²) < 4.78 is 1.36. The van der Waals surface area contributed by atoms with Crippen LogP contribution in [0.5, 0.6) is 0 Å². The van der Waals surface area contributed by atoms with Crippen molar-refractivity contribution in [3.8, 4) is 33.4 Å². The van der Waals surface area contributed by atoms with Gasteiger partial charge in [-0.2, -0.15) is 0 Å². The lowest BCUT2D eigenvalue weighted by Gasteiger charge is -2.30. The van der Waals surface area contributed by atoms with Gasteiger partial charge in [-0.3, -0.25) is 0 Å². The van der Waals surface area contributed by atoms with Crippen LogP contribution in [-0.2, 0) is 5.41 Å². The van der Waals surface area contributed by atoms with E-state index in [1.165, 1.54) is 81.3 Å². The molecular weight excluding hydrogens is 753 g/mol. The van der Waals surface area contributed by atoms with Crippen LogP contribution in [0.4, 0.5) is 28.4 Å². The van der Waals surface area contributed by atoms with E-state index in [0.717, 1.165) is 17.1 Å². The molecule has 8 aromatic carbocycles. The molecule has 0 bridgehead atoms. The van der Waals surface area contributed by atoms with E-state index in [-0.39, 0.29) is 11.5 Å². The molecule has 0 saturated heterocycles. The number of hydrogen-bond donors (Lipinski definition) is 0. The molecule has 2 nitrogen and oxygen atoms in total. The van der Waals surface area contributed by atoms with Gasteiger partial charge in [-0.05, 0) is 117 Å². The highest BCUT2D eigenvalue weighted by Gasteiger charge is 2.48. The van der Waals surface area contributed by atoms with Crippen molar-refractivity contribution in [1.29, 1.82) is 0 Å². The van der Waals surface area contributed by atoms with Crippen LogP contribution in [0.25, 0.3) is 43.5 Å². The van der Waals surface area contributed by atoms with Crippen molar-refractivity contribution in [3.05, 3.63) is 216 Å². The van der Waals surface area contributed by atoms with Gasteiger partial charge >= 0.3 is 0 Å². The molecule has 0 fully saturated rings. The Bertz CT molecular complexity index is 3070. The number of anilines is 5. The summed E-state index contributed by atoms with van der Waals surface area (Å²) in [5.74, 6) is 0. The Balaban J connectivity index is 0.971. The van der Waals surface area contributed by atoms with E-state index in [1.807, 2.05) is 23.1 Å². The van der Waals surface area contributed by atoms with Gasteiger partial charge in [0, 0.05) is 48.0 Å². The smallest absolute Gasteiger partial charge is 0.0774 e. The average molecular weight is 793 g/mol. The van der Waals surface area contributed by atoms with Crippen LogP contribution in [0.3, 0.4) is 0 Å². The lowest BCUT2D eigenvalue weighted by atomic mass is 9.82. The number of fused-ring (bicyclic) bond motifs is 10. The maximum Gasteiger partial charge on any atom is 0.0774 e. The first-order valence-corrected chi connectivity index (χ1v) is 22.2. The quantitative estimate of drug-likeness (QED) is 0.166. The predicted molar refractivity (Wildman–Crippen MR) is 251 cm³/mol. The van der Waals surface area contributed by atoms with Crippen LogP contribution in [0.2, 0.25) is 0 Å². The standard InChI is InChI=1S/C55H40N2S2/c1-55(2)47-20-9-6-17-43(47)46-34-42(31-32-48(46)55)56(39-25-23-36(24-26-39)38-16-12-15-37(33-38)35-13-4-3-5-14-35)40-27-29-41(30-28-40)57-51-44-18-7-10-21-49(44)58-53(51)54-52(57)45-19-8-11-22-50(45)59-54/h3-34,51,53H,1-2H3/t51-,53?/m1/s1. The number of benzene rings is 8. The summed E-state index contributed by atoms with van der Waals surface area (Å²) in [6.45, 7) is 4.71. The van der Waals surface area contributed by atoms with E-state index in [1.54, 1.807) is 0 Å².